The van der Waals surface area contributed by atoms with E-state index in [0.717, 1.165) is 12.8 Å². The molecule has 160 valence electrons. The summed E-state index contributed by atoms with van der Waals surface area (Å²) in [6.45, 7) is 2.13. The first-order chi connectivity index (χ1) is 13.9. The summed E-state index contributed by atoms with van der Waals surface area (Å²) in [5.41, 5.74) is 0. The topological polar surface area (TPSA) is 66.5 Å². The summed E-state index contributed by atoms with van der Waals surface area (Å²) in [4.78, 5) is 15.6. The van der Waals surface area contributed by atoms with Crippen LogP contribution in [0.3, 0.4) is 0 Å². The van der Waals surface area contributed by atoms with Gasteiger partial charge in [0.25, 0.3) is 0 Å². The molecule has 2 aliphatic heterocycles. The number of nitrogens with one attached hydrogen (secondary N) is 1. The molecular formula is C21H28Cl2N2O3S. The standard InChI is InChI=1S/C21H28Cl2N2O3S/c22-17-7-3-8-18(19(17)23)29(27,28)21(10-4-11-24-14-21)20(26)25-12-9-15-5-1-2-6-16(15)13-25/h3,7-8,15-16,24H,1-2,4-6,9-14H2/t15-,16-,21+/m1/s1. The van der Waals surface area contributed by atoms with Gasteiger partial charge in [-0.3, -0.25) is 4.79 Å². The number of piperidine rings is 2. The highest BCUT2D eigenvalue weighted by molar-refractivity contribution is 7.93. The summed E-state index contributed by atoms with van der Waals surface area (Å²) in [6.07, 6.45) is 6.73. The normalized spacial score (nSPS) is 30.6. The van der Waals surface area contributed by atoms with E-state index in [9.17, 15) is 13.2 Å². The maximum atomic E-state index is 13.8. The Bertz CT molecular complexity index is 884. The number of hydrogen-bond donors (Lipinski definition) is 1. The Labute approximate surface area is 183 Å². The zero-order valence-electron chi connectivity index (χ0n) is 16.5. The zero-order chi connectivity index (χ0) is 20.6. The number of benzene rings is 1. The molecule has 3 fully saturated rings. The number of amides is 1. The Morgan fingerprint density at radius 2 is 1.86 bits per heavy atom. The van der Waals surface area contributed by atoms with Crippen LogP contribution in [0.15, 0.2) is 23.1 Å². The Morgan fingerprint density at radius 3 is 2.59 bits per heavy atom. The third-order valence-electron chi connectivity index (χ3n) is 7.03. The van der Waals surface area contributed by atoms with Crippen LogP contribution in [0.2, 0.25) is 10.0 Å². The van der Waals surface area contributed by atoms with Crippen LogP contribution in [0, 0.1) is 11.8 Å². The van der Waals surface area contributed by atoms with Crippen molar-refractivity contribution in [2.24, 2.45) is 11.8 Å². The van der Waals surface area contributed by atoms with Crippen LogP contribution in [-0.2, 0) is 14.6 Å². The molecule has 1 amide bonds. The average Bonchev–Trinajstić information content (AvgIpc) is 2.75. The van der Waals surface area contributed by atoms with Crippen molar-refractivity contribution in [2.75, 3.05) is 26.2 Å². The van der Waals surface area contributed by atoms with Crippen molar-refractivity contribution in [3.8, 4) is 0 Å². The highest BCUT2D eigenvalue weighted by atomic mass is 35.5. The van der Waals surface area contributed by atoms with Gasteiger partial charge in [0.2, 0.25) is 5.91 Å². The smallest absolute Gasteiger partial charge is 0.245 e. The fraction of sp³-hybridized carbons (Fsp3) is 0.667. The van der Waals surface area contributed by atoms with Crippen molar-refractivity contribution in [1.82, 2.24) is 10.2 Å². The van der Waals surface area contributed by atoms with Crippen LogP contribution < -0.4 is 5.32 Å². The summed E-state index contributed by atoms with van der Waals surface area (Å²) in [5, 5.41) is 3.34. The molecule has 1 N–H and O–H groups in total. The molecule has 0 aromatic heterocycles. The number of carbonyl (C=O) groups excluding carboxylic acids is 1. The second-order valence-corrected chi connectivity index (χ2v) is 11.7. The minimum atomic E-state index is -4.02. The summed E-state index contributed by atoms with van der Waals surface area (Å²) in [5.74, 6) is 0.893. The third kappa shape index (κ3) is 3.71. The van der Waals surface area contributed by atoms with Crippen LogP contribution >= 0.6 is 23.2 Å². The second kappa shape index (κ2) is 8.37. The molecule has 4 rings (SSSR count). The lowest BCUT2D eigenvalue weighted by molar-refractivity contribution is -0.137. The minimum absolute atomic E-state index is 0.00194. The van der Waals surface area contributed by atoms with Gasteiger partial charge >= 0.3 is 0 Å². The molecule has 3 aliphatic rings. The van der Waals surface area contributed by atoms with Crippen LogP contribution in [0.25, 0.3) is 0 Å². The van der Waals surface area contributed by atoms with Crippen molar-refractivity contribution in [3.05, 3.63) is 28.2 Å². The van der Waals surface area contributed by atoms with Gasteiger partial charge in [0.1, 0.15) is 0 Å². The van der Waals surface area contributed by atoms with E-state index in [1.54, 1.807) is 12.1 Å². The minimum Gasteiger partial charge on any atom is -0.341 e. The number of sulfone groups is 1. The van der Waals surface area contributed by atoms with Gasteiger partial charge < -0.3 is 10.2 Å². The SMILES string of the molecule is O=C(N1CC[C@H]2CCCC[C@@H]2C1)[C@]1(S(=O)(=O)c2cccc(Cl)c2Cl)CCCNC1. The Kier molecular flexibility index (Phi) is 6.18. The van der Waals surface area contributed by atoms with E-state index in [1.807, 2.05) is 4.90 Å². The lowest BCUT2D eigenvalue weighted by Gasteiger charge is -2.45. The first kappa shape index (κ1) is 21.4. The molecular weight excluding hydrogens is 431 g/mol. The van der Waals surface area contributed by atoms with Crippen LogP contribution in [0.1, 0.15) is 44.9 Å². The molecule has 8 heteroatoms. The molecule has 1 aromatic carbocycles. The predicted molar refractivity (Wildman–Crippen MR) is 115 cm³/mol. The highest BCUT2D eigenvalue weighted by Crippen LogP contribution is 2.41. The van der Waals surface area contributed by atoms with Crippen LogP contribution in [0.4, 0.5) is 0 Å². The number of fused-ring (bicyclic) bond motifs is 1. The molecule has 3 atom stereocenters. The van der Waals surface area contributed by atoms with Gasteiger partial charge in [-0.25, -0.2) is 8.42 Å². The fourth-order valence-corrected chi connectivity index (χ4v) is 8.13. The van der Waals surface area contributed by atoms with Crippen molar-refractivity contribution in [3.63, 3.8) is 0 Å². The van der Waals surface area contributed by atoms with Crippen molar-refractivity contribution < 1.29 is 13.2 Å². The lowest BCUT2D eigenvalue weighted by atomic mass is 9.75. The van der Waals surface area contributed by atoms with Crippen LogP contribution in [-0.4, -0.2) is 50.2 Å². The number of carbonyl (C=O) groups is 1. The van der Waals surface area contributed by atoms with Gasteiger partial charge in [-0.15, -0.1) is 0 Å². The zero-order valence-corrected chi connectivity index (χ0v) is 18.8. The van der Waals surface area contributed by atoms with Gasteiger partial charge in [-0.05, 0) is 56.2 Å². The number of nitrogens with zero attached hydrogens (tertiary/aromatic N) is 1. The first-order valence-electron chi connectivity index (χ1n) is 10.6. The molecule has 0 spiro atoms. The monoisotopic (exact) mass is 458 g/mol. The Morgan fingerprint density at radius 1 is 1.10 bits per heavy atom. The number of likely N-dealkylation sites (tertiary alicyclic amines) is 1. The molecule has 1 aliphatic carbocycles. The lowest BCUT2D eigenvalue weighted by Crippen LogP contribution is -2.63. The van der Waals surface area contributed by atoms with E-state index in [-0.39, 0.29) is 27.4 Å². The summed E-state index contributed by atoms with van der Waals surface area (Å²) < 4.78 is 26.1. The fourth-order valence-electron chi connectivity index (χ4n) is 5.38. The molecule has 29 heavy (non-hydrogen) atoms. The number of rotatable bonds is 3. The third-order valence-corrected chi connectivity index (χ3v) is 10.4. The number of halogens is 2. The quantitative estimate of drug-likeness (QED) is 0.744. The largest absolute Gasteiger partial charge is 0.341 e. The predicted octanol–water partition coefficient (Wildman–Crippen LogP) is 3.93. The first-order valence-corrected chi connectivity index (χ1v) is 12.8. The van der Waals surface area contributed by atoms with E-state index in [1.165, 1.54) is 25.3 Å². The van der Waals surface area contributed by atoms with Crippen molar-refractivity contribution in [1.29, 1.82) is 0 Å². The highest BCUT2D eigenvalue weighted by Gasteiger charge is 2.55. The molecule has 0 bridgehead atoms. The summed E-state index contributed by atoms with van der Waals surface area (Å²) >= 11 is 12.4. The van der Waals surface area contributed by atoms with Gasteiger partial charge in [0.05, 0.1) is 14.9 Å². The molecule has 0 radical (unpaired) electrons. The van der Waals surface area contributed by atoms with Crippen molar-refractivity contribution in [2.45, 2.75) is 54.6 Å². The molecule has 2 heterocycles. The summed E-state index contributed by atoms with van der Waals surface area (Å²) in [7, 11) is -4.02. The molecule has 1 saturated carbocycles. The van der Waals surface area contributed by atoms with E-state index < -0.39 is 14.6 Å². The van der Waals surface area contributed by atoms with Gasteiger partial charge in [0, 0.05) is 19.6 Å². The molecule has 5 nitrogen and oxygen atoms in total. The van der Waals surface area contributed by atoms with Gasteiger partial charge in [-0.1, -0.05) is 48.5 Å². The molecule has 1 aromatic rings. The maximum absolute atomic E-state index is 13.8. The van der Waals surface area contributed by atoms with E-state index in [4.69, 9.17) is 23.2 Å². The van der Waals surface area contributed by atoms with Gasteiger partial charge in [-0.2, -0.15) is 0 Å². The second-order valence-electron chi connectivity index (χ2n) is 8.67. The Hall–Kier alpha value is -0.820. The van der Waals surface area contributed by atoms with Crippen LogP contribution in [0.5, 0.6) is 0 Å². The van der Waals surface area contributed by atoms with E-state index >= 15 is 0 Å². The average molecular weight is 459 g/mol. The van der Waals surface area contributed by atoms with E-state index in [2.05, 4.69) is 5.32 Å². The van der Waals surface area contributed by atoms with E-state index in [0.29, 0.717) is 44.3 Å². The summed E-state index contributed by atoms with van der Waals surface area (Å²) in [6, 6.07) is 4.59. The molecule has 0 unspecified atom stereocenters. The number of hydrogen-bond acceptors (Lipinski definition) is 4. The Balaban J connectivity index is 1.70. The molecule has 2 saturated heterocycles. The van der Waals surface area contributed by atoms with Crippen molar-refractivity contribution >= 4 is 38.9 Å². The van der Waals surface area contributed by atoms with Gasteiger partial charge in [0.15, 0.2) is 14.6 Å². The maximum Gasteiger partial charge on any atom is 0.245 e.